The average molecular weight is 624 g/mol. The highest BCUT2D eigenvalue weighted by Gasteiger charge is 2.74. The molecule has 0 radical (unpaired) electrons. The van der Waals surface area contributed by atoms with Crippen LogP contribution >= 0.6 is 0 Å². The minimum atomic E-state index is -1.41. The fourth-order valence-corrected chi connectivity index (χ4v) is 7.21. The number of hydrogen-bond donors (Lipinski definition) is 2. The second-order valence-electron chi connectivity index (χ2n) is 13.2. The number of methoxy groups -OCH3 is 1. The van der Waals surface area contributed by atoms with Crippen molar-refractivity contribution in [2.75, 3.05) is 26.9 Å². The molecule has 8 atom stereocenters. The molecule has 3 amide bonds. The first-order valence-electron chi connectivity index (χ1n) is 15.8. The topological polar surface area (TPSA) is 135 Å². The SMILES string of the molecule is CC[C@@H](CO)N1C(=O)[C@@H]2[C@H]3C(=O)O[C@@H](c4ccccc4)[C@H](COC)NC(=O)CC/C=C\CN(C(C)(C)C)C(=O)[C@@H]1[C@]21C=C[C@H]3O1. The van der Waals surface area contributed by atoms with Gasteiger partial charge in [-0.1, -0.05) is 61.6 Å². The lowest BCUT2D eigenvalue weighted by Gasteiger charge is -2.43. The number of fused-ring (bicyclic) bond motifs is 2. The first-order valence-corrected chi connectivity index (χ1v) is 15.8. The van der Waals surface area contributed by atoms with Crippen LogP contribution in [0.15, 0.2) is 54.6 Å². The third-order valence-electron chi connectivity index (χ3n) is 9.39. The van der Waals surface area contributed by atoms with Gasteiger partial charge in [0, 0.05) is 25.6 Å². The predicted octanol–water partition coefficient (Wildman–Crippen LogP) is 2.30. The van der Waals surface area contributed by atoms with Gasteiger partial charge in [0.05, 0.1) is 37.3 Å². The van der Waals surface area contributed by atoms with Crippen molar-refractivity contribution >= 4 is 23.7 Å². The number of allylic oxidation sites excluding steroid dienone is 1. The van der Waals surface area contributed by atoms with E-state index in [2.05, 4.69) is 5.32 Å². The van der Waals surface area contributed by atoms with Crippen LogP contribution in [-0.2, 0) is 33.4 Å². The Morgan fingerprint density at radius 2 is 1.84 bits per heavy atom. The molecule has 2 saturated heterocycles. The van der Waals surface area contributed by atoms with Gasteiger partial charge in [0.1, 0.15) is 23.7 Å². The van der Waals surface area contributed by atoms with Crippen molar-refractivity contribution in [1.82, 2.24) is 15.1 Å². The van der Waals surface area contributed by atoms with E-state index < -0.39 is 65.2 Å². The summed E-state index contributed by atoms with van der Waals surface area (Å²) in [5.74, 6) is -3.74. The average Bonchev–Trinajstić information content (AvgIpc) is 3.65. The molecule has 2 fully saturated rings. The van der Waals surface area contributed by atoms with Crippen molar-refractivity contribution < 1.29 is 38.5 Å². The van der Waals surface area contributed by atoms with E-state index in [4.69, 9.17) is 14.2 Å². The number of aliphatic hydroxyl groups is 1. The van der Waals surface area contributed by atoms with Gasteiger partial charge in [-0.15, -0.1) is 0 Å². The molecule has 1 spiro atoms. The Bertz CT molecular complexity index is 1340. The van der Waals surface area contributed by atoms with E-state index in [-0.39, 0.29) is 38.0 Å². The van der Waals surface area contributed by atoms with Crippen LogP contribution in [0.2, 0.25) is 0 Å². The van der Waals surface area contributed by atoms with Crippen LogP contribution in [0.4, 0.5) is 0 Å². The Morgan fingerprint density at radius 1 is 1.11 bits per heavy atom. The summed E-state index contributed by atoms with van der Waals surface area (Å²) in [6.45, 7) is 7.55. The van der Waals surface area contributed by atoms with Crippen LogP contribution in [0.1, 0.15) is 58.6 Å². The second-order valence-corrected chi connectivity index (χ2v) is 13.2. The van der Waals surface area contributed by atoms with Crippen molar-refractivity contribution in [2.24, 2.45) is 11.8 Å². The van der Waals surface area contributed by atoms with Crippen LogP contribution in [0, 0.1) is 11.8 Å². The molecule has 5 rings (SSSR count). The summed E-state index contributed by atoms with van der Waals surface area (Å²) < 4.78 is 18.2. The molecule has 1 aromatic carbocycles. The first kappa shape index (κ1) is 32.8. The highest BCUT2D eigenvalue weighted by atomic mass is 16.6. The van der Waals surface area contributed by atoms with Crippen LogP contribution in [-0.4, -0.2) is 101 Å². The lowest BCUT2D eigenvalue weighted by molar-refractivity contribution is -0.163. The third kappa shape index (κ3) is 5.93. The summed E-state index contributed by atoms with van der Waals surface area (Å²) in [6.07, 6.45) is 6.51. The molecule has 244 valence electrons. The minimum Gasteiger partial charge on any atom is -0.455 e. The molecule has 11 nitrogen and oxygen atoms in total. The molecular weight excluding hydrogens is 578 g/mol. The quantitative estimate of drug-likeness (QED) is 0.364. The largest absolute Gasteiger partial charge is 0.455 e. The highest BCUT2D eigenvalue weighted by molar-refractivity contribution is 5.99. The van der Waals surface area contributed by atoms with Crippen LogP contribution in [0.5, 0.6) is 0 Å². The number of ether oxygens (including phenoxy) is 3. The van der Waals surface area contributed by atoms with E-state index in [9.17, 15) is 24.3 Å². The molecule has 4 heterocycles. The number of esters is 1. The van der Waals surface area contributed by atoms with E-state index >= 15 is 0 Å². The van der Waals surface area contributed by atoms with Crippen molar-refractivity contribution in [3.63, 3.8) is 0 Å². The lowest BCUT2D eigenvalue weighted by atomic mass is 9.74. The summed E-state index contributed by atoms with van der Waals surface area (Å²) >= 11 is 0. The minimum absolute atomic E-state index is 0.0742. The standard InChI is InChI=1S/C34H45N3O8/c1-6-22(19-38)37-29-31(41)36(33(2,3)4)18-12-8-11-15-25(39)35-23(20-43-5)28(21-13-9-7-10-14-21)44-32(42)26-24-16-17-34(29,45-24)27(26)30(37)40/h7-10,12-14,16-17,22-24,26-29,38H,6,11,15,18-20H2,1-5H3,(H,35,39)/b12-8-/t22-,23-,24+,26-,27-,28-,29+,34-/m0/s1. The number of carbonyl (C=O) groups is 4. The fraction of sp³-hybridized carbons (Fsp3) is 0.588. The van der Waals surface area contributed by atoms with Gasteiger partial charge in [-0.05, 0) is 39.2 Å². The zero-order valence-electron chi connectivity index (χ0n) is 26.7. The van der Waals surface area contributed by atoms with Gasteiger partial charge in [-0.2, -0.15) is 0 Å². The Balaban J connectivity index is 1.63. The van der Waals surface area contributed by atoms with E-state index in [1.54, 1.807) is 17.1 Å². The zero-order chi connectivity index (χ0) is 32.5. The van der Waals surface area contributed by atoms with Gasteiger partial charge in [-0.25, -0.2) is 0 Å². The number of amides is 3. The summed E-state index contributed by atoms with van der Waals surface area (Å²) in [5.41, 5.74) is -1.39. The Hall–Kier alpha value is -3.54. The number of nitrogens with zero attached hydrogens (tertiary/aromatic N) is 2. The Morgan fingerprint density at radius 3 is 2.49 bits per heavy atom. The van der Waals surface area contributed by atoms with E-state index in [1.807, 2.05) is 70.2 Å². The second kappa shape index (κ2) is 13.1. The number of nitrogens with one attached hydrogen (secondary N) is 1. The van der Waals surface area contributed by atoms with Crippen LogP contribution < -0.4 is 5.32 Å². The summed E-state index contributed by atoms with van der Waals surface area (Å²) in [7, 11) is 1.51. The maximum Gasteiger partial charge on any atom is 0.313 e. The molecule has 0 saturated carbocycles. The van der Waals surface area contributed by atoms with Crippen LogP contribution in [0.25, 0.3) is 0 Å². The maximum atomic E-state index is 14.7. The molecule has 0 aromatic heterocycles. The molecule has 4 aliphatic heterocycles. The molecule has 5 bridgehead atoms. The summed E-state index contributed by atoms with van der Waals surface area (Å²) in [6, 6.07) is 6.63. The Kier molecular flexibility index (Phi) is 9.53. The van der Waals surface area contributed by atoms with E-state index in [0.717, 1.165) is 0 Å². The van der Waals surface area contributed by atoms with E-state index in [0.29, 0.717) is 18.4 Å². The Labute approximate surface area is 264 Å². The molecule has 0 aliphatic carbocycles. The predicted molar refractivity (Wildman–Crippen MR) is 164 cm³/mol. The molecule has 4 aliphatic rings. The van der Waals surface area contributed by atoms with Crippen LogP contribution in [0.3, 0.4) is 0 Å². The van der Waals surface area contributed by atoms with Crippen molar-refractivity contribution in [3.05, 3.63) is 60.2 Å². The van der Waals surface area contributed by atoms with Gasteiger partial charge in [0.2, 0.25) is 17.7 Å². The van der Waals surface area contributed by atoms with Gasteiger partial charge >= 0.3 is 5.97 Å². The number of carbonyl (C=O) groups excluding carboxylic acids is 4. The highest BCUT2D eigenvalue weighted by Crippen LogP contribution is 2.56. The smallest absolute Gasteiger partial charge is 0.313 e. The number of cyclic esters (lactones) is 1. The molecule has 2 N–H and O–H groups in total. The lowest BCUT2D eigenvalue weighted by Crippen LogP contribution is -2.61. The maximum absolute atomic E-state index is 14.7. The summed E-state index contributed by atoms with van der Waals surface area (Å²) in [4.78, 5) is 59.6. The molecule has 45 heavy (non-hydrogen) atoms. The third-order valence-corrected chi connectivity index (χ3v) is 9.39. The first-order chi connectivity index (χ1) is 21.5. The fourth-order valence-electron chi connectivity index (χ4n) is 7.21. The van der Waals surface area contributed by atoms with Gasteiger partial charge in [-0.3, -0.25) is 19.2 Å². The van der Waals surface area contributed by atoms with Gasteiger partial charge in [0.15, 0.2) is 0 Å². The van der Waals surface area contributed by atoms with E-state index in [1.165, 1.54) is 12.0 Å². The molecule has 1 aromatic rings. The molecule has 0 unspecified atom stereocenters. The number of benzene rings is 1. The zero-order valence-corrected chi connectivity index (χ0v) is 26.7. The normalized spacial score (nSPS) is 33.6. The number of likely N-dealkylation sites (tertiary alicyclic amines) is 1. The van der Waals surface area contributed by atoms with Gasteiger partial charge < -0.3 is 34.4 Å². The molecule has 11 heteroatoms. The number of aliphatic hydroxyl groups excluding tert-OH is 1. The molecular formula is C34H45N3O8. The van der Waals surface area contributed by atoms with Crippen molar-refractivity contribution in [1.29, 1.82) is 0 Å². The number of rotatable bonds is 6. The summed E-state index contributed by atoms with van der Waals surface area (Å²) in [5, 5.41) is 13.4. The van der Waals surface area contributed by atoms with Crippen molar-refractivity contribution in [2.45, 2.75) is 88.4 Å². The van der Waals surface area contributed by atoms with Crippen molar-refractivity contribution in [3.8, 4) is 0 Å². The number of hydrogen-bond acceptors (Lipinski definition) is 8. The van der Waals surface area contributed by atoms with Gasteiger partial charge in [0.25, 0.3) is 0 Å². The monoisotopic (exact) mass is 623 g/mol.